The minimum Gasteiger partial charge on any atom is -0.507 e. The lowest BCUT2D eigenvalue weighted by atomic mass is 9.87. The van der Waals surface area contributed by atoms with Gasteiger partial charge in [-0.1, -0.05) is 97.1 Å². The van der Waals surface area contributed by atoms with Crippen LogP contribution in [0.3, 0.4) is 0 Å². The molecule has 1 unspecified atom stereocenters. The maximum absolute atomic E-state index is 13.5. The Morgan fingerprint density at radius 3 is 2.03 bits per heavy atom. The summed E-state index contributed by atoms with van der Waals surface area (Å²) < 4.78 is 6.79. The zero-order chi connectivity index (χ0) is 26.2. The van der Waals surface area contributed by atoms with Crippen LogP contribution in [-0.2, 0) is 4.79 Å². The highest BCUT2D eigenvalue weighted by molar-refractivity contribution is 7.24. The number of thiophene rings is 1. The summed E-state index contributed by atoms with van der Waals surface area (Å²) in [6.07, 6.45) is 0.0887. The number of benzene rings is 4. The Morgan fingerprint density at radius 1 is 0.816 bits per heavy atom. The largest absolute Gasteiger partial charge is 0.507 e. The van der Waals surface area contributed by atoms with E-state index < -0.39 is 11.5 Å². The predicted octanol–water partition coefficient (Wildman–Crippen LogP) is 8.16. The summed E-state index contributed by atoms with van der Waals surface area (Å²) in [7, 11) is 0. The molecule has 38 heavy (non-hydrogen) atoms. The molecule has 1 atom stereocenters. The van der Waals surface area contributed by atoms with Crippen LogP contribution in [0.1, 0.15) is 30.4 Å². The molecule has 0 bridgehead atoms. The molecule has 0 radical (unpaired) electrons. The molecule has 2 heterocycles. The van der Waals surface area contributed by atoms with Crippen LogP contribution in [0.4, 0.5) is 0 Å². The fourth-order valence-corrected chi connectivity index (χ4v) is 6.48. The summed E-state index contributed by atoms with van der Waals surface area (Å²) in [5.41, 5.74) is 3.80. The van der Waals surface area contributed by atoms with Gasteiger partial charge in [0.1, 0.15) is 11.5 Å². The Kier molecular flexibility index (Phi) is 6.14. The Bertz CT molecular complexity index is 1840. The van der Waals surface area contributed by atoms with Gasteiger partial charge in [0.25, 0.3) is 0 Å². The monoisotopic (exact) mass is 516 g/mol. The molecular weight excluding hydrogens is 492 g/mol. The van der Waals surface area contributed by atoms with Crippen molar-refractivity contribution in [1.29, 1.82) is 0 Å². The van der Waals surface area contributed by atoms with E-state index in [2.05, 4.69) is 24.3 Å². The van der Waals surface area contributed by atoms with Crippen molar-refractivity contribution >= 4 is 38.2 Å². The molecule has 6 aromatic rings. The van der Waals surface area contributed by atoms with Gasteiger partial charge in [0.05, 0.1) is 15.6 Å². The van der Waals surface area contributed by atoms with Gasteiger partial charge < -0.3 is 9.52 Å². The van der Waals surface area contributed by atoms with Crippen molar-refractivity contribution in [2.45, 2.75) is 19.3 Å². The van der Waals surface area contributed by atoms with Crippen LogP contribution in [0.15, 0.2) is 112 Å². The van der Waals surface area contributed by atoms with Crippen LogP contribution in [-0.4, -0.2) is 10.9 Å². The molecule has 0 saturated carbocycles. The average molecular weight is 517 g/mol. The Balaban J connectivity index is 1.64. The fraction of sp³-hybridized carbons (Fsp3) is 0.0909. The Morgan fingerprint density at radius 2 is 1.39 bits per heavy atom. The summed E-state index contributed by atoms with van der Waals surface area (Å²) in [4.78, 5) is 26.7. The van der Waals surface area contributed by atoms with Crippen molar-refractivity contribution in [3.8, 4) is 27.3 Å². The zero-order valence-electron chi connectivity index (χ0n) is 20.7. The molecule has 5 heteroatoms. The van der Waals surface area contributed by atoms with Crippen molar-refractivity contribution in [1.82, 2.24) is 0 Å². The van der Waals surface area contributed by atoms with Crippen LogP contribution >= 0.6 is 11.3 Å². The van der Waals surface area contributed by atoms with Crippen LogP contribution in [0.25, 0.3) is 42.6 Å². The number of fused-ring (bicyclic) bond motifs is 3. The van der Waals surface area contributed by atoms with Gasteiger partial charge >= 0.3 is 5.63 Å². The Hall–Kier alpha value is -4.48. The number of hydrogen-bond donors (Lipinski definition) is 1. The van der Waals surface area contributed by atoms with E-state index >= 15 is 0 Å². The fourth-order valence-electron chi connectivity index (χ4n) is 5.16. The minimum atomic E-state index is -0.631. The van der Waals surface area contributed by atoms with E-state index in [1.54, 1.807) is 11.3 Å². The molecule has 186 valence electrons. The molecular formula is C33H24O4S. The standard InChI is InChI=1S/C33H24O4S/c1-20(34)19-26(21-11-5-2-6-12-21)28-29(35)25-18-17-24-27(22-13-7-3-8-14-22)31(23-15-9-4-10-16-23)38-32(24)30(25)37-33(28)36/h2-18,26,35H,19H2,1H3. The molecule has 0 aliphatic rings. The second kappa shape index (κ2) is 9.77. The molecule has 0 amide bonds. The first-order chi connectivity index (χ1) is 18.5. The maximum Gasteiger partial charge on any atom is 0.343 e. The predicted molar refractivity (Wildman–Crippen MR) is 154 cm³/mol. The van der Waals surface area contributed by atoms with Gasteiger partial charge in [0.15, 0.2) is 5.58 Å². The van der Waals surface area contributed by atoms with Gasteiger partial charge in [-0.2, -0.15) is 0 Å². The van der Waals surface area contributed by atoms with E-state index in [1.807, 2.05) is 78.9 Å². The minimum absolute atomic E-state index is 0.0773. The molecule has 4 aromatic carbocycles. The summed E-state index contributed by atoms with van der Waals surface area (Å²) in [5.74, 6) is -0.816. The smallest absolute Gasteiger partial charge is 0.343 e. The zero-order valence-corrected chi connectivity index (χ0v) is 21.5. The number of hydrogen-bond acceptors (Lipinski definition) is 5. The van der Waals surface area contributed by atoms with Crippen molar-refractivity contribution in [2.75, 3.05) is 0 Å². The summed E-state index contributed by atoms with van der Waals surface area (Å²) in [6, 6.07) is 33.4. The summed E-state index contributed by atoms with van der Waals surface area (Å²) >= 11 is 1.54. The molecule has 0 spiro atoms. The van der Waals surface area contributed by atoms with Gasteiger partial charge in [0.2, 0.25) is 0 Å². The van der Waals surface area contributed by atoms with Gasteiger partial charge in [0, 0.05) is 28.2 Å². The average Bonchev–Trinajstić information content (AvgIpc) is 3.34. The van der Waals surface area contributed by atoms with Crippen molar-refractivity contribution in [2.24, 2.45) is 0 Å². The number of ketones is 1. The van der Waals surface area contributed by atoms with Crippen molar-refractivity contribution in [3.63, 3.8) is 0 Å². The van der Waals surface area contributed by atoms with E-state index in [-0.39, 0.29) is 23.5 Å². The lowest BCUT2D eigenvalue weighted by Crippen LogP contribution is -2.16. The van der Waals surface area contributed by atoms with E-state index in [4.69, 9.17) is 4.42 Å². The van der Waals surface area contributed by atoms with E-state index in [0.717, 1.165) is 37.2 Å². The second-order valence-corrected chi connectivity index (χ2v) is 10.4. The van der Waals surface area contributed by atoms with Crippen molar-refractivity contribution in [3.05, 3.63) is 125 Å². The number of aromatic hydroxyl groups is 1. The van der Waals surface area contributed by atoms with Crippen molar-refractivity contribution < 1.29 is 14.3 Å². The second-order valence-electron chi connectivity index (χ2n) is 9.38. The van der Waals surface area contributed by atoms with Crippen LogP contribution < -0.4 is 5.63 Å². The van der Waals surface area contributed by atoms with Crippen LogP contribution in [0.2, 0.25) is 0 Å². The first-order valence-corrected chi connectivity index (χ1v) is 13.2. The first kappa shape index (κ1) is 23.9. The van der Waals surface area contributed by atoms with Gasteiger partial charge in [-0.25, -0.2) is 4.79 Å². The molecule has 0 fully saturated rings. The van der Waals surface area contributed by atoms with E-state index in [9.17, 15) is 14.7 Å². The third kappa shape index (κ3) is 4.11. The van der Waals surface area contributed by atoms with E-state index in [1.165, 1.54) is 6.92 Å². The first-order valence-electron chi connectivity index (χ1n) is 12.4. The van der Waals surface area contributed by atoms with Gasteiger partial charge in [-0.3, -0.25) is 4.79 Å². The lowest BCUT2D eigenvalue weighted by molar-refractivity contribution is -0.117. The third-order valence-electron chi connectivity index (χ3n) is 6.88. The topological polar surface area (TPSA) is 67.5 Å². The van der Waals surface area contributed by atoms with Crippen LogP contribution in [0, 0.1) is 0 Å². The van der Waals surface area contributed by atoms with Gasteiger partial charge in [-0.15, -0.1) is 11.3 Å². The van der Waals surface area contributed by atoms with Gasteiger partial charge in [-0.05, 0) is 29.7 Å². The molecule has 6 rings (SSSR count). The number of carbonyl (C=O) groups excluding carboxylic acids is 1. The maximum atomic E-state index is 13.5. The molecule has 0 saturated heterocycles. The summed E-state index contributed by atoms with van der Waals surface area (Å²) in [6.45, 7) is 1.49. The Labute approximate surface area is 223 Å². The molecule has 0 aliphatic carbocycles. The van der Waals surface area contributed by atoms with E-state index in [0.29, 0.717) is 11.0 Å². The number of Topliss-reactive ketones (excluding diaryl/α,β-unsaturated/α-hetero) is 1. The molecule has 0 aliphatic heterocycles. The highest BCUT2D eigenvalue weighted by Gasteiger charge is 2.27. The van der Waals surface area contributed by atoms with Crippen LogP contribution in [0.5, 0.6) is 5.75 Å². The normalized spacial score (nSPS) is 12.1. The molecule has 2 aromatic heterocycles. The SMILES string of the molecule is CC(=O)CC(c1ccccc1)c1c(O)c2ccc3c(-c4ccccc4)c(-c4ccccc4)sc3c2oc1=O. The molecule has 1 N–H and O–H groups in total. The highest BCUT2D eigenvalue weighted by Crippen LogP contribution is 2.48. The lowest BCUT2D eigenvalue weighted by Gasteiger charge is -2.17. The molecule has 4 nitrogen and oxygen atoms in total. The summed E-state index contributed by atoms with van der Waals surface area (Å²) in [5, 5.41) is 12.9. The number of carbonyl (C=O) groups is 1. The third-order valence-corrected chi connectivity index (χ3v) is 8.13. The quantitative estimate of drug-likeness (QED) is 0.227. The number of rotatable bonds is 6. The highest BCUT2D eigenvalue weighted by atomic mass is 32.1.